The van der Waals surface area contributed by atoms with Crippen LogP contribution >= 0.6 is 0 Å². The van der Waals surface area contributed by atoms with Crippen molar-refractivity contribution in [2.75, 3.05) is 0 Å². The predicted molar refractivity (Wildman–Crippen MR) is 173 cm³/mol. The van der Waals surface area contributed by atoms with Gasteiger partial charge in [0.05, 0.1) is 0 Å². The van der Waals surface area contributed by atoms with Gasteiger partial charge >= 0.3 is 0 Å². The summed E-state index contributed by atoms with van der Waals surface area (Å²) in [6.07, 6.45) is 11.1. The van der Waals surface area contributed by atoms with Gasteiger partial charge in [-0.25, -0.2) is 0 Å². The van der Waals surface area contributed by atoms with Crippen molar-refractivity contribution < 1.29 is 0 Å². The molecule has 0 radical (unpaired) electrons. The first-order valence-electron chi connectivity index (χ1n) is 14.9. The summed E-state index contributed by atoms with van der Waals surface area (Å²) in [7, 11) is 0. The van der Waals surface area contributed by atoms with Crippen molar-refractivity contribution in [3.05, 3.63) is 130 Å². The molecule has 1 heteroatoms. The van der Waals surface area contributed by atoms with E-state index < -0.39 is 0 Å². The maximum absolute atomic E-state index is 2.45. The molecule has 1 heterocycles. The van der Waals surface area contributed by atoms with E-state index in [1.807, 2.05) is 0 Å². The Kier molecular flexibility index (Phi) is 7.17. The summed E-state index contributed by atoms with van der Waals surface area (Å²) in [6.45, 7) is 19.6. The molecule has 0 amide bonds. The summed E-state index contributed by atoms with van der Waals surface area (Å²) in [5.74, 6) is 0.439. The van der Waals surface area contributed by atoms with Crippen molar-refractivity contribution >= 4 is 17.7 Å². The predicted octanol–water partition coefficient (Wildman–Crippen LogP) is 10.1. The van der Waals surface area contributed by atoms with Crippen molar-refractivity contribution in [2.45, 2.75) is 90.2 Å². The van der Waals surface area contributed by atoms with E-state index in [4.69, 9.17) is 0 Å². The fraction of sp³-hybridized carbons (Fsp3) is 0.368. The lowest BCUT2D eigenvalue weighted by molar-refractivity contribution is 0.600. The van der Waals surface area contributed by atoms with E-state index in [9.17, 15) is 0 Å². The number of benzene rings is 3. The normalized spacial score (nSPS) is 23.5. The molecule has 0 N–H and O–H groups in total. The Hall–Kier alpha value is -3.06. The fourth-order valence-corrected chi connectivity index (χ4v) is 7.63. The molecule has 1 aliphatic heterocycles. The highest BCUT2D eigenvalue weighted by atomic mass is 14.5. The van der Waals surface area contributed by atoms with Crippen LogP contribution in [0.3, 0.4) is 0 Å². The Bertz CT molecular complexity index is 1380. The minimum Gasteiger partial charge on any atom is -0.0848 e. The highest BCUT2D eigenvalue weighted by molar-refractivity contribution is 6.89. The molecule has 0 aromatic heterocycles. The van der Waals surface area contributed by atoms with Gasteiger partial charge in [0.1, 0.15) is 0 Å². The Morgan fingerprint density at radius 3 is 1.77 bits per heavy atom. The summed E-state index contributed by atoms with van der Waals surface area (Å²) in [5, 5.41) is 0.680. The summed E-state index contributed by atoms with van der Waals surface area (Å²) < 4.78 is 0. The number of hydrogen-bond donors (Lipinski definition) is 0. The monoisotopic (exact) mass is 512 g/mol. The van der Waals surface area contributed by atoms with Crippen LogP contribution in [-0.2, 0) is 5.41 Å². The third kappa shape index (κ3) is 4.30. The third-order valence-electron chi connectivity index (χ3n) is 10.6. The lowest BCUT2D eigenvalue weighted by Gasteiger charge is -2.43. The number of hydrogen-bond acceptors (Lipinski definition) is 0. The first-order valence-corrected chi connectivity index (χ1v) is 14.9. The number of allylic oxidation sites excluding steroid dienone is 6. The van der Waals surface area contributed by atoms with Crippen LogP contribution in [-0.4, -0.2) is 6.71 Å². The highest BCUT2D eigenvalue weighted by Crippen LogP contribution is 2.73. The number of rotatable bonds is 7. The number of fused-ring (bicyclic) bond motifs is 2. The quantitative estimate of drug-likeness (QED) is 0.218. The van der Waals surface area contributed by atoms with Crippen molar-refractivity contribution in [3.63, 3.8) is 0 Å². The average molecular weight is 513 g/mol. The minimum absolute atomic E-state index is 0.216. The van der Waals surface area contributed by atoms with Crippen LogP contribution < -0.4 is 5.46 Å². The third-order valence-corrected chi connectivity index (χ3v) is 10.6. The molecule has 1 saturated heterocycles. The zero-order chi connectivity index (χ0) is 28.0. The van der Waals surface area contributed by atoms with Crippen LogP contribution in [0, 0.1) is 0 Å². The molecular weight excluding hydrogens is 467 g/mol. The topological polar surface area (TPSA) is 0 Å². The van der Waals surface area contributed by atoms with Gasteiger partial charge in [-0.2, -0.15) is 0 Å². The molecule has 0 bridgehead atoms. The van der Waals surface area contributed by atoms with Crippen LogP contribution in [0.5, 0.6) is 0 Å². The van der Waals surface area contributed by atoms with Crippen molar-refractivity contribution in [3.8, 4) is 0 Å². The van der Waals surface area contributed by atoms with E-state index in [0.29, 0.717) is 23.3 Å². The first kappa shape index (κ1) is 27.5. The molecule has 2 aliphatic rings. The molecule has 0 nitrogen and oxygen atoms in total. The van der Waals surface area contributed by atoms with Crippen LogP contribution in [0.4, 0.5) is 0 Å². The Balaban J connectivity index is 1.70. The Morgan fingerprint density at radius 2 is 1.28 bits per heavy atom. The maximum atomic E-state index is 2.45. The van der Waals surface area contributed by atoms with Gasteiger partial charge < -0.3 is 0 Å². The second-order valence-electron chi connectivity index (χ2n) is 13.0. The molecule has 200 valence electrons. The zero-order valence-corrected chi connectivity index (χ0v) is 25.3. The van der Waals surface area contributed by atoms with Gasteiger partial charge in [-0.05, 0) is 60.1 Å². The van der Waals surface area contributed by atoms with E-state index in [0.717, 1.165) is 12.8 Å². The summed E-state index contributed by atoms with van der Waals surface area (Å²) in [5.41, 5.74) is 11.1. The highest BCUT2D eigenvalue weighted by Gasteiger charge is 2.67. The van der Waals surface area contributed by atoms with E-state index in [1.54, 1.807) is 0 Å². The van der Waals surface area contributed by atoms with Crippen molar-refractivity contribution in [2.24, 2.45) is 0 Å². The smallest absolute Gasteiger partial charge is 0.0848 e. The molecule has 3 aromatic carbocycles. The van der Waals surface area contributed by atoms with Crippen molar-refractivity contribution in [1.82, 2.24) is 0 Å². The van der Waals surface area contributed by atoms with Gasteiger partial charge in [0.15, 0.2) is 6.71 Å². The van der Waals surface area contributed by atoms with Crippen LogP contribution in [0.2, 0.25) is 10.6 Å². The van der Waals surface area contributed by atoms with Crippen molar-refractivity contribution in [1.29, 1.82) is 0 Å². The molecule has 3 aromatic rings. The largest absolute Gasteiger partial charge is 0.187 e. The van der Waals surface area contributed by atoms with E-state index in [-0.39, 0.29) is 5.41 Å². The first-order chi connectivity index (χ1) is 18.6. The molecule has 0 spiro atoms. The van der Waals surface area contributed by atoms with Crippen LogP contribution in [0.1, 0.15) is 102 Å². The van der Waals surface area contributed by atoms with Gasteiger partial charge in [0.25, 0.3) is 0 Å². The summed E-state index contributed by atoms with van der Waals surface area (Å²) in [4.78, 5) is 0. The molecule has 0 unspecified atom stereocenters. The van der Waals surface area contributed by atoms with E-state index in [1.165, 1.54) is 44.4 Å². The van der Waals surface area contributed by atoms with Gasteiger partial charge in [0, 0.05) is 11.3 Å². The lowest BCUT2D eigenvalue weighted by atomic mass is 9.53. The Morgan fingerprint density at radius 1 is 0.744 bits per heavy atom. The molecule has 1 aliphatic carbocycles. The van der Waals surface area contributed by atoms with Gasteiger partial charge in [-0.3, -0.25) is 0 Å². The molecule has 5 rings (SSSR count). The van der Waals surface area contributed by atoms with E-state index in [2.05, 4.69) is 152 Å². The standard InChI is InChI=1S/C38H45B/c1-9-11-12-13-18-31(28-23-25-29(26-24-28)39-36(4,5)37(39,6)7)27(3)38(8)34-21-16-14-19-32(34)30(10-2)33-20-15-17-22-35(33)38/h11-26,30H,9-10H2,1-8H3/b12-11-,18-13-,31-27-. The Labute approximate surface area is 238 Å². The molecular formula is C38H45B. The molecule has 0 saturated carbocycles. The molecule has 1 fully saturated rings. The van der Waals surface area contributed by atoms with Crippen LogP contribution in [0.25, 0.3) is 5.57 Å². The second kappa shape index (κ2) is 10.2. The fourth-order valence-electron chi connectivity index (χ4n) is 7.63. The van der Waals surface area contributed by atoms with E-state index >= 15 is 0 Å². The van der Waals surface area contributed by atoms with Gasteiger partial charge in [0.2, 0.25) is 0 Å². The average Bonchev–Trinajstić information content (AvgIpc) is 3.36. The lowest BCUT2D eigenvalue weighted by Crippen LogP contribution is -2.33. The summed E-state index contributed by atoms with van der Waals surface area (Å²) in [6, 6.07) is 27.8. The van der Waals surface area contributed by atoms with Gasteiger partial charge in [-0.1, -0.05) is 160 Å². The molecule has 39 heavy (non-hydrogen) atoms. The van der Waals surface area contributed by atoms with Gasteiger partial charge in [-0.15, -0.1) is 0 Å². The van der Waals surface area contributed by atoms with Crippen LogP contribution in [0.15, 0.2) is 103 Å². The summed E-state index contributed by atoms with van der Waals surface area (Å²) >= 11 is 0. The minimum atomic E-state index is -0.216. The zero-order valence-electron chi connectivity index (χ0n) is 25.3. The SMILES string of the molecule is CC\C=C/C=C\C(=C(/C)C1(C)c2ccccc2C(CC)c2ccccc21)c1ccc(B2C(C)(C)C2(C)C)cc1. The second-order valence-corrected chi connectivity index (χ2v) is 13.0. The molecule has 0 atom stereocenters. The maximum Gasteiger partial charge on any atom is 0.187 e.